The van der Waals surface area contributed by atoms with E-state index in [0.29, 0.717) is 6.42 Å². The molecule has 0 saturated carbocycles. The highest BCUT2D eigenvalue weighted by atomic mass is 16.5. The van der Waals surface area contributed by atoms with Gasteiger partial charge in [0.05, 0.1) is 12.5 Å². The van der Waals surface area contributed by atoms with E-state index in [-0.39, 0.29) is 17.8 Å². The lowest BCUT2D eigenvalue weighted by Crippen LogP contribution is -2.31. The first-order chi connectivity index (χ1) is 8.03. The van der Waals surface area contributed by atoms with Crippen LogP contribution in [-0.2, 0) is 14.3 Å². The quantitative estimate of drug-likeness (QED) is 0.589. The molecule has 4 nitrogen and oxygen atoms in total. The Hall–Kier alpha value is -1.32. The SMILES string of the molecule is CNC(=O)C1C/C=C/C(C)(C(=O)OC)CCC1. The second kappa shape index (κ2) is 5.84. The van der Waals surface area contributed by atoms with Gasteiger partial charge in [-0.2, -0.15) is 0 Å². The molecule has 4 heteroatoms. The molecule has 2 unspecified atom stereocenters. The number of rotatable bonds is 2. The monoisotopic (exact) mass is 239 g/mol. The van der Waals surface area contributed by atoms with Crippen LogP contribution in [0.15, 0.2) is 12.2 Å². The predicted molar refractivity (Wildman–Crippen MR) is 65.3 cm³/mol. The number of hydrogen-bond acceptors (Lipinski definition) is 3. The number of amides is 1. The second-order valence-corrected chi connectivity index (χ2v) is 4.75. The fourth-order valence-electron chi connectivity index (χ4n) is 2.25. The number of carbonyl (C=O) groups excluding carboxylic acids is 2. The fraction of sp³-hybridized carbons (Fsp3) is 0.692. The Morgan fingerprint density at radius 1 is 1.47 bits per heavy atom. The van der Waals surface area contributed by atoms with Crippen LogP contribution in [0.25, 0.3) is 0 Å². The standard InChI is InChI=1S/C13H21NO3/c1-13(12(16)17-3)8-4-6-10(7-5-9-13)11(15)14-2/h4,8,10H,5-7,9H2,1-3H3,(H,14,15)/b8-4+. The summed E-state index contributed by atoms with van der Waals surface area (Å²) in [5.74, 6) is -0.0955. The van der Waals surface area contributed by atoms with E-state index < -0.39 is 5.41 Å². The molecule has 0 radical (unpaired) electrons. The zero-order valence-corrected chi connectivity index (χ0v) is 10.8. The van der Waals surface area contributed by atoms with Crippen molar-refractivity contribution in [1.82, 2.24) is 5.32 Å². The maximum atomic E-state index is 11.7. The minimum atomic E-state index is -0.539. The molecule has 0 aromatic heterocycles. The van der Waals surface area contributed by atoms with Gasteiger partial charge in [-0.05, 0) is 26.2 Å². The van der Waals surface area contributed by atoms with Crippen molar-refractivity contribution in [2.75, 3.05) is 14.2 Å². The van der Waals surface area contributed by atoms with Crippen LogP contribution in [0, 0.1) is 11.3 Å². The van der Waals surface area contributed by atoms with Crippen LogP contribution in [-0.4, -0.2) is 26.0 Å². The number of ether oxygens (including phenoxy) is 1. The largest absolute Gasteiger partial charge is 0.468 e. The van der Waals surface area contributed by atoms with Crippen molar-refractivity contribution < 1.29 is 14.3 Å². The molecule has 0 aromatic carbocycles. The molecule has 1 N–H and O–H groups in total. The van der Waals surface area contributed by atoms with Crippen LogP contribution >= 0.6 is 0 Å². The first kappa shape index (κ1) is 13.7. The van der Waals surface area contributed by atoms with Crippen LogP contribution in [0.3, 0.4) is 0 Å². The second-order valence-electron chi connectivity index (χ2n) is 4.75. The van der Waals surface area contributed by atoms with E-state index in [1.165, 1.54) is 7.11 Å². The third kappa shape index (κ3) is 3.32. The maximum absolute atomic E-state index is 11.7. The van der Waals surface area contributed by atoms with Gasteiger partial charge in [0, 0.05) is 13.0 Å². The van der Waals surface area contributed by atoms with Crippen molar-refractivity contribution in [3.05, 3.63) is 12.2 Å². The van der Waals surface area contributed by atoms with E-state index in [4.69, 9.17) is 4.74 Å². The number of nitrogens with one attached hydrogen (secondary N) is 1. The molecule has 0 aliphatic heterocycles. The van der Waals surface area contributed by atoms with Crippen LogP contribution in [0.5, 0.6) is 0 Å². The first-order valence-corrected chi connectivity index (χ1v) is 6.01. The molecule has 0 bridgehead atoms. The molecule has 1 rings (SSSR count). The van der Waals surface area contributed by atoms with E-state index in [1.54, 1.807) is 7.05 Å². The van der Waals surface area contributed by atoms with Gasteiger partial charge in [-0.15, -0.1) is 0 Å². The minimum absolute atomic E-state index is 0.0263. The van der Waals surface area contributed by atoms with Gasteiger partial charge >= 0.3 is 5.97 Å². The van der Waals surface area contributed by atoms with Gasteiger partial charge in [0.25, 0.3) is 0 Å². The maximum Gasteiger partial charge on any atom is 0.315 e. The molecule has 1 amide bonds. The third-order valence-electron chi connectivity index (χ3n) is 3.42. The smallest absolute Gasteiger partial charge is 0.315 e. The summed E-state index contributed by atoms with van der Waals surface area (Å²) < 4.78 is 4.82. The van der Waals surface area contributed by atoms with E-state index >= 15 is 0 Å². The lowest BCUT2D eigenvalue weighted by atomic mass is 9.80. The van der Waals surface area contributed by atoms with Crippen molar-refractivity contribution >= 4 is 11.9 Å². The molecule has 0 heterocycles. The number of hydrogen-bond donors (Lipinski definition) is 1. The van der Waals surface area contributed by atoms with Crippen molar-refractivity contribution in [1.29, 1.82) is 0 Å². The molecule has 0 spiro atoms. The van der Waals surface area contributed by atoms with Crippen molar-refractivity contribution in [3.63, 3.8) is 0 Å². The molecule has 0 aromatic rings. The Balaban J connectivity index is 2.73. The summed E-state index contributed by atoms with van der Waals surface area (Å²) in [6.45, 7) is 1.88. The zero-order chi connectivity index (χ0) is 12.9. The first-order valence-electron chi connectivity index (χ1n) is 6.01. The summed E-state index contributed by atoms with van der Waals surface area (Å²) in [6, 6.07) is 0. The van der Waals surface area contributed by atoms with Gasteiger partial charge in [0.2, 0.25) is 5.91 Å². The van der Waals surface area contributed by atoms with Gasteiger partial charge in [-0.25, -0.2) is 0 Å². The summed E-state index contributed by atoms with van der Waals surface area (Å²) in [7, 11) is 3.07. The number of methoxy groups -OCH3 is 1. The van der Waals surface area contributed by atoms with Gasteiger partial charge in [0.1, 0.15) is 0 Å². The average Bonchev–Trinajstić information content (AvgIpc) is 2.31. The molecule has 1 aliphatic rings. The summed E-state index contributed by atoms with van der Waals surface area (Å²) >= 11 is 0. The van der Waals surface area contributed by atoms with Crippen molar-refractivity contribution in [3.8, 4) is 0 Å². The van der Waals surface area contributed by atoms with Crippen LogP contribution in [0.4, 0.5) is 0 Å². The third-order valence-corrected chi connectivity index (χ3v) is 3.42. The Morgan fingerprint density at radius 2 is 2.18 bits per heavy atom. The molecule has 17 heavy (non-hydrogen) atoms. The average molecular weight is 239 g/mol. The highest BCUT2D eigenvalue weighted by molar-refractivity contribution is 5.80. The minimum Gasteiger partial charge on any atom is -0.468 e. The Bertz CT molecular complexity index is 325. The molecule has 1 aliphatic carbocycles. The number of allylic oxidation sites excluding steroid dienone is 1. The van der Waals surface area contributed by atoms with E-state index in [2.05, 4.69) is 5.32 Å². The van der Waals surface area contributed by atoms with Crippen LogP contribution in [0.1, 0.15) is 32.6 Å². The molecule has 2 atom stereocenters. The Kier molecular flexibility index (Phi) is 4.73. The Morgan fingerprint density at radius 3 is 2.76 bits per heavy atom. The highest BCUT2D eigenvalue weighted by Gasteiger charge is 2.32. The lowest BCUT2D eigenvalue weighted by molar-refractivity contribution is -0.149. The molecular formula is C13H21NO3. The van der Waals surface area contributed by atoms with E-state index in [0.717, 1.165) is 19.3 Å². The number of esters is 1. The number of carbonyl (C=O) groups is 2. The lowest BCUT2D eigenvalue weighted by Gasteiger charge is -2.26. The summed E-state index contributed by atoms with van der Waals surface area (Å²) in [5.41, 5.74) is -0.539. The normalized spacial score (nSPS) is 30.9. The predicted octanol–water partition coefficient (Wildman–Crippen LogP) is 1.66. The summed E-state index contributed by atoms with van der Waals surface area (Å²) in [6.07, 6.45) is 6.89. The summed E-state index contributed by atoms with van der Waals surface area (Å²) in [4.78, 5) is 23.2. The summed E-state index contributed by atoms with van der Waals surface area (Å²) in [5, 5.41) is 2.67. The van der Waals surface area contributed by atoms with Crippen molar-refractivity contribution in [2.24, 2.45) is 11.3 Å². The molecular weight excluding hydrogens is 218 g/mol. The van der Waals surface area contributed by atoms with Gasteiger partial charge < -0.3 is 10.1 Å². The topological polar surface area (TPSA) is 55.4 Å². The zero-order valence-electron chi connectivity index (χ0n) is 10.8. The molecule has 0 fully saturated rings. The van der Waals surface area contributed by atoms with E-state index in [1.807, 2.05) is 19.1 Å². The van der Waals surface area contributed by atoms with Gasteiger partial charge in [0.15, 0.2) is 0 Å². The highest BCUT2D eigenvalue weighted by Crippen LogP contribution is 2.32. The van der Waals surface area contributed by atoms with Gasteiger partial charge in [-0.3, -0.25) is 9.59 Å². The van der Waals surface area contributed by atoms with E-state index in [9.17, 15) is 9.59 Å². The van der Waals surface area contributed by atoms with Crippen LogP contribution in [0.2, 0.25) is 0 Å². The molecule has 96 valence electrons. The van der Waals surface area contributed by atoms with Gasteiger partial charge in [-0.1, -0.05) is 18.6 Å². The van der Waals surface area contributed by atoms with Crippen molar-refractivity contribution in [2.45, 2.75) is 32.6 Å². The Labute approximate surface area is 102 Å². The molecule has 0 saturated heterocycles. The van der Waals surface area contributed by atoms with Crippen LogP contribution < -0.4 is 5.32 Å². The fourth-order valence-corrected chi connectivity index (χ4v) is 2.25.